The van der Waals surface area contributed by atoms with Gasteiger partial charge in [-0.3, -0.25) is 5.10 Å². The molecule has 24 heavy (non-hydrogen) atoms. The molecule has 1 aromatic carbocycles. The first kappa shape index (κ1) is 14.4. The number of fused-ring (bicyclic) bond motifs is 1. The molecule has 0 bridgehead atoms. The number of rotatable bonds is 4. The Morgan fingerprint density at radius 3 is 2.71 bits per heavy atom. The predicted molar refractivity (Wildman–Crippen MR) is 93.9 cm³/mol. The Morgan fingerprint density at radius 2 is 1.96 bits per heavy atom. The molecule has 6 heteroatoms. The molecule has 4 aromatic rings. The van der Waals surface area contributed by atoms with Crippen LogP contribution in [0.4, 0.5) is 5.82 Å². The van der Waals surface area contributed by atoms with Crippen molar-refractivity contribution in [2.45, 2.75) is 13.5 Å². The van der Waals surface area contributed by atoms with Gasteiger partial charge in [-0.25, -0.2) is 4.98 Å². The molecule has 3 aromatic heterocycles. The van der Waals surface area contributed by atoms with E-state index in [0.717, 1.165) is 34.1 Å². The number of benzene rings is 1. The quantitative estimate of drug-likeness (QED) is 0.628. The summed E-state index contributed by atoms with van der Waals surface area (Å²) in [4.78, 5) is 6.90. The topological polar surface area (TPSA) is 62.1 Å². The van der Waals surface area contributed by atoms with E-state index in [4.69, 9.17) is 4.98 Å². The van der Waals surface area contributed by atoms with Crippen LogP contribution in [0.1, 0.15) is 11.4 Å². The average molecular weight is 318 g/mol. The molecule has 0 unspecified atom stereocenters. The molecular formula is C18H18N6. The molecule has 1 N–H and O–H groups in total. The Hall–Kier alpha value is -3.15. The molecule has 0 aliphatic rings. The summed E-state index contributed by atoms with van der Waals surface area (Å²) in [5.74, 6) is 0.988. The van der Waals surface area contributed by atoms with Crippen LogP contribution < -0.4 is 4.90 Å². The van der Waals surface area contributed by atoms with Crippen LogP contribution >= 0.6 is 0 Å². The number of nitrogens with zero attached hydrogens (tertiary/aromatic N) is 5. The fourth-order valence-corrected chi connectivity index (χ4v) is 2.81. The lowest BCUT2D eigenvalue weighted by Gasteiger charge is -2.20. The van der Waals surface area contributed by atoms with Crippen molar-refractivity contribution in [1.82, 2.24) is 24.8 Å². The highest BCUT2D eigenvalue weighted by Crippen LogP contribution is 2.25. The van der Waals surface area contributed by atoms with Gasteiger partial charge in [0, 0.05) is 30.9 Å². The molecular weight excluding hydrogens is 300 g/mol. The van der Waals surface area contributed by atoms with Crippen LogP contribution in [0.5, 0.6) is 0 Å². The maximum Gasteiger partial charge on any atom is 0.158 e. The Labute approximate surface area is 139 Å². The fraction of sp³-hybridized carbons (Fsp3) is 0.167. The smallest absolute Gasteiger partial charge is 0.158 e. The first-order valence-corrected chi connectivity index (χ1v) is 7.83. The highest BCUT2D eigenvalue weighted by atomic mass is 15.3. The summed E-state index contributed by atoms with van der Waals surface area (Å²) in [6.45, 7) is 2.70. The van der Waals surface area contributed by atoms with Gasteiger partial charge in [0.15, 0.2) is 5.65 Å². The van der Waals surface area contributed by atoms with Crippen molar-refractivity contribution in [3.8, 4) is 11.3 Å². The SMILES string of the molecule is Cc1cc2nc(-c3ccccc3)cc(N(C)Cc3ccn[nH]3)n2n1. The van der Waals surface area contributed by atoms with Gasteiger partial charge in [-0.05, 0) is 13.0 Å². The standard InChI is InChI=1S/C18H18N6/c1-13-10-17-20-16(14-6-4-3-5-7-14)11-18(24(17)22-13)23(2)12-15-8-9-19-21-15/h3-11H,12H2,1-2H3,(H,19,21). The fourth-order valence-electron chi connectivity index (χ4n) is 2.81. The molecule has 3 heterocycles. The third-order valence-electron chi connectivity index (χ3n) is 3.96. The van der Waals surface area contributed by atoms with Gasteiger partial charge in [0.1, 0.15) is 5.82 Å². The molecule has 0 aliphatic heterocycles. The second-order valence-electron chi connectivity index (χ2n) is 5.86. The summed E-state index contributed by atoms with van der Waals surface area (Å²) < 4.78 is 1.89. The normalized spacial score (nSPS) is 11.1. The summed E-state index contributed by atoms with van der Waals surface area (Å²) >= 11 is 0. The Bertz CT molecular complexity index is 956. The van der Waals surface area contributed by atoms with Gasteiger partial charge in [0.25, 0.3) is 0 Å². The molecule has 0 saturated carbocycles. The predicted octanol–water partition coefficient (Wildman–Crippen LogP) is 3.06. The maximum absolute atomic E-state index is 4.76. The van der Waals surface area contributed by atoms with E-state index in [0.29, 0.717) is 6.54 Å². The second-order valence-corrected chi connectivity index (χ2v) is 5.86. The summed E-state index contributed by atoms with van der Waals surface area (Å²) in [5.41, 5.74) is 4.88. The van der Waals surface area contributed by atoms with Crippen LogP contribution in [0.15, 0.2) is 54.7 Å². The van der Waals surface area contributed by atoms with Gasteiger partial charge in [0.2, 0.25) is 0 Å². The second kappa shape index (κ2) is 5.81. The van der Waals surface area contributed by atoms with Crippen molar-refractivity contribution < 1.29 is 0 Å². The Balaban J connectivity index is 1.83. The molecule has 4 rings (SSSR count). The van der Waals surface area contributed by atoms with Crippen molar-refractivity contribution >= 4 is 11.5 Å². The lowest BCUT2D eigenvalue weighted by atomic mass is 10.1. The van der Waals surface area contributed by atoms with Crippen LogP contribution in [-0.4, -0.2) is 31.8 Å². The molecule has 0 amide bonds. The van der Waals surface area contributed by atoms with Crippen LogP contribution in [0.3, 0.4) is 0 Å². The van der Waals surface area contributed by atoms with E-state index in [2.05, 4.69) is 38.4 Å². The number of H-pyrrole nitrogens is 1. The van der Waals surface area contributed by atoms with E-state index in [9.17, 15) is 0 Å². The molecule has 0 radical (unpaired) electrons. The van der Waals surface area contributed by atoms with Crippen molar-refractivity contribution in [3.05, 3.63) is 66.1 Å². The number of nitrogens with one attached hydrogen (secondary N) is 1. The molecule has 0 spiro atoms. The number of hydrogen-bond donors (Lipinski definition) is 1. The Morgan fingerprint density at radius 1 is 1.12 bits per heavy atom. The van der Waals surface area contributed by atoms with Crippen molar-refractivity contribution in [1.29, 1.82) is 0 Å². The number of anilines is 1. The Kier molecular flexibility index (Phi) is 3.49. The first-order valence-electron chi connectivity index (χ1n) is 7.83. The molecule has 0 fully saturated rings. The lowest BCUT2D eigenvalue weighted by molar-refractivity contribution is 0.806. The zero-order chi connectivity index (χ0) is 16.5. The van der Waals surface area contributed by atoms with E-state index >= 15 is 0 Å². The molecule has 0 aliphatic carbocycles. The number of aryl methyl sites for hydroxylation is 1. The molecule has 120 valence electrons. The zero-order valence-corrected chi connectivity index (χ0v) is 13.6. The largest absolute Gasteiger partial charge is 0.354 e. The minimum absolute atomic E-state index is 0.715. The molecule has 6 nitrogen and oxygen atoms in total. The van der Waals surface area contributed by atoms with E-state index in [1.165, 1.54) is 0 Å². The van der Waals surface area contributed by atoms with Crippen LogP contribution in [0.25, 0.3) is 16.9 Å². The molecule has 0 saturated heterocycles. The van der Waals surface area contributed by atoms with Gasteiger partial charge in [-0.15, -0.1) is 0 Å². The zero-order valence-electron chi connectivity index (χ0n) is 13.6. The minimum atomic E-state index is 0.715. The molecule has 0 atom stereocenters. The third-order valence-corrected chi connectivity index (χ3v) is 3.96. The van der Waals surface area contributed by atoms with Gasteiger partial charge in [-0.2, -0.15) is 14.7 Å². The first-order chi connectivity index (χ1) is 11.7. The maximum atomic E-state index is 4.76. The van der Waals surface area contributed by atoms with Gasteiger partial charge >= 0.3 is 0 Å². The number of aromatic amines is 1. The van der Waals surface area contributed by atoms with Crippen molar-refractivity contribution in [3.63, 3.8) is 0 Å². The van der Waals surface area contributed by atoms with Gasteiger partial charge < -0.3 is 4.90 Å². The number of hydrogen-bond acceptors (Lipinski definition) is 4. The summed E-state index contributed by atoms with van der Waals surface area (Å²) in [7, 11) is 2.04. The van der Waals surface area contributed by atoms with Crippen molar-refractivity contribution in [2.24, 2.45) is 0 Å². The van der Waals surface area contributed by atoms with E-state index in [1.807, 2.05) is 48.8 Å². The highest BCUT2D eigenvalue weighted by molar-refractivity contribution is 5.67. The summed E-state index contributed by atoms with van der Waals surface area (Å²) in [6, 6.07) is 16.2. The highest BCUT2D eigenvalue weighted by Gasteiger charge is 2.13. The monoisotopic (exact) mass is 318 g/mol. The van der Waals surface area contributed by atoms with Gasteiger partial charge in [-0.1, -0.05) is 30.3 Å². The van der Waals surface area contributed by atoms with E-state index < -0.39 is 0 Å². The summed E-state index contributed by atoms with van der Waals surface area (Å²) in [6.07, 6.45) is 1.76. The average Bonchev–Trinajstić information content (AvgIpc) is 3.22. The van der Waals surface area contributed by atoms with Crippen molar-refractivity contribution in [2.75, 3.05) is 11.9 Å². The van der Waals surface area contributed by atoms with Crippen LogP contribution in [0, 0.1) is 6.92 Å². The van der Waals surface area contributed by atoms with E-state index in [-0.39, 0.29) is 0 Å². The summed E-state index contributed by atoms with van der Waals surface area (Å²) in [5, 5.41) is 11.6. The third kappa shape index (κ3) is 2.62. The number of aromatic nitrogens is 5. The van der Waals surface area contributed by atoms with Crippen LogP contribution in [-0.2, 0) is 6.54 Å². The van der Waals surface area contributed by atoms with E-state index in [1.54, 1.807) is 6.20 Å². The minimum Gasteiger partial charge on any atom is -0.354 e. The van der Waals surface area contributed by atoms with Gasteiger partial charge in [0.05, 0.1) is 23.6 Å². The van der Waals surface area contributed by atoms with Crippen LogP contribution in [0.2, 0.25) is 0 Å². The lowest BCUT2D eigenvalue weighted by Crippen LogP contribution is -2.20.